The van der Waals surface area contributed by atoms with Gasteiger partial charge in [-0.3, -0.25) is 0 Å². The molecule has 0 bridgehead atoms. The van der Waals surface area contributed by atoms with Crippen molar-refractivity contribution in [3.63, 3.8) is 0 Å². The molecule has 1 aromatic heterocycles. The average Bonchev–Trinajstić information content (AvgIpc) is 2.43. The average molecular weight is 265 g/mol. The van der Waals surface area contributed by atoms with Crippen molar-refractivity contribution in [3.05, 3.63) is 6.07 Å². The molecule has 0 saturated carbocycles. The molecule has 4 N–H and O–H groups in total. The Morgan fingerprint density at radius 2 is 2.16 bits per heavy atom. The number of anilines is 3. The predicted octanol–water partition coefficient (Wildman–Crippen LogP) is 1.72. The van der Waals surface area contributed by atoms with Crippen LogP contribution in [0.5, 0.6) is 0 Å². The summed E-state index contributed by atoms with van der Waals surface area (Å²) in [5, 5.41) is 6.54. The third kappa shape index (κ3) is 4.55. The fraction of sp³-hybridized carbons (Fsp3) is 0.692. The number of rotatable bonds is 6. The molecule has 1 aliphatic rings. The summed E-state index contributed by atoms with van der Waals surface area (Å²) in [6.07, 6.45) is 3.39. The van der Waals surface area contributed by atoms with Crippen molar-refractivity contribution in [1.29, 1.82) is 0 Å². The molecule has 19 heavy (non-hydrogen) atoms. The topological polar surface area (TPSA) is 85.1 Å². The number of nitrogens with zero attached hydrogens (tertiary/aromatic N) is 2. The maximum atomic E-state index is 5.71. The molecule has 0 aromatic carbocycles. The van der Waals surface area contributed by atoms with E-state index in [-0.39, 0.29) is 0 Å². The molecule has 1 unspecified atom stereocenters. The Bertz CT molecular complexity index is 393. The lowest BCUT2D eigenvalue weighted by Crippen LogP contribution is -2.24. The first-order valence-electron chi connectivity index (χ1n) is 6.98. The van der Waals surface area contributed by atoms with Crippen LogP contribution in [-0.4, -0.2) is 36.3 Å². The van der Waals surface area contributed by atoms with Gasteiger partial charge >= 0.3 is 0 Å². The first-order chi connectivity index (χ1) is 9.28. The quantitative estimate of drug-likeness (QED) is 0.726. The third-order valence-corrected chi connectivity index (χ3v) is 3.13. The van der Waals surface area contributed by atoms with Crippen LogP contribution < -0.4 is 16.4 Å². The molecule has 0 amide bonds. The van der Waals surface area contributed by atoms with Crippen molar-refractivity contribution < 1.29 is 4.74 Å². The van der Waals surface area contributed by atoms with Crippen molar-refractivity contribution in [2.24, 2.45) is 5.92 Å². The lowest BCUT2D eigenvalue weighted by atomic mass is 10.0. The van der Waals surface area contributed by atoms with Crippen LogP contribution in [0, 0.1) is 5.92 Å². The lowest BCUT2D eigenvalue weighted by Gasteiger charge is -2.22. The van der Waals surface area contributed by atoms with E-state index in [9.17, 15) is 0 Å². The maximum absolute atomic E-state index is 5.71. The van der Waals surface area contributed by atoms with E-state index in [1.807, 2.05) is 6.07 Å². The number of nitrogen functional groups attached to an aromatic ring is 1. The van der Waals surface area contributed by atoms with Crippen LogP contribution in [0.3, 0.4) is 0 Å². The van der Waals surface area contributed by atoms with Crippen molar-refractivity contribution >= 4 is 17.6 Å². The van der Waals surface area contributed by atoms with Crippen LogP contribution in [0.1, 0.15) is 26.2 Å². The van der Waals surface area contributed by atoms with E-state index in [1.54, 1.807) is 0 Å². The van der Waals surface area contributed by atoms with Gasteiger partial charge in [0.2, 0.25) is 5.95 Å². The van der Waals surface area contributed by atoms with Gasteiger partial charge in [0, 0.05) is 25.8 Å². The third-order valence-electron chi connectivity index (χ3n) is 3.13. The van der Waals surface area contributed by atoms with E-state index in [1.165, 1.54) is 6.42 Å². The van der Waals surface area contributed by atoms with E-state index < -0.39 is 0 Å². The van der Waals surface area contributed by atoms with E-state index in [0.29, 0.717) is 11.9 Å². The molecule has 6 nitrogen and oxygen atoms in total. The van der Waals surface area contributed by atoms with Gasteiger partial charge in [-0.05, 0) is 25.2 Å². The number of hydrogen-bond acceptors (Lipinski definition) is 6. The van der Waals surface area contributed by atoms with Gasteiger partial charge in [0.05, 0.1) is 6.61 Å². The summed E-state index contributed by atoms with van der Waals surface area (Å²) < 4.78 is 5.46. The maximum Gasteiger partial charge on any atom is 0.223 e. The van der Waals surface area contributed by atoms with Crippen molar-refractivity contribution in [2.45, 2.75) is 26.2 Å². The molecule has 0 radical (unpaired) electrons. The minimum atomic E-state index is 0.295. The molecular formula is C13H23N5O. The van der Waals surface area contributed by atoms with Gasteiger partial charge in [-0.15, -0.1) is 0 Å². The molecule has 1 fully saturated rings. The second-order valence-electron chi connectivity index (χ2n) is 4.89. The monoisotopic (exact) mass is 265 g/mol. The molecule has 1 atom stereocenters. The minimum absolute atomic E-state index is 0.295. The van der Waals surface area contributed by atoms with Crippen molar-refractivity contribution in [1.82, 2.24) is 9.97 Å². The fourth-order valence-corrected chi connectivity index (χ4v) is 2.12. The van der Waals surface area contributed by atoms with Crippen molar-refractivity contribution in [3.8, 4) is 0 Å². The summed E-state index contributed by atoms with van der Waals surface area (Å²) in [5.74, 6) is 2.40. The van der Waals surface area contributed by atoms with E-state index in [0.717, 1.165) is 50.8 Å². The zero-order valence-electron chi connectivity index (χ0n) is 11.5. The van der Waals surface area contributed by atoms with Gasteiger partial charge in [-0.1, -0.05) is 6.92 Å². The van der Waals surface area contributed by atoms with Crippen LogP contribution in [-0.2, 0) is 4.74 Å². The number of aromatic nitrogens is 2. The molecule has 0 spiro atoms. The van der Waals surface area contributed by atoms with E-state index in [4.69, 9.17) is 10.5 Å². The minimum Gasteiger partial charge on any atom is -0.381 e. The Balaban J connectivity index is 1.89. The first kappa shape index (κ1) is 13.9. The van der Waals surface area contributed by atoms with Gasteiger partial charge in [0.25, 0.3) is 0 Å². The molecule has 106 valence electrons. The molecule has 2 rings (SSSR count). The van der Waals surface area contributed by atoms with Crippen molar-refractivity contribution in [2.75, 3.05) is 42.7 Å². The highest BCUT2D eigenvalue weighted by Crippen LogP contribution is 2.16. The van der Waals surface area contributed by atoms with Crippen LogP contribution in [0.25, 0.3) is 0 Å². The SMILES string of the molecule is CCCNc1cc(NCC2CCCOC2)nc(N)n1. The second kappa shape index (κ2) is 7.13. The summed E-state index contributed by atoms with van der Waals surface area (Å²) in [5.41, 5.74) is 5.71. The highest BCUT2D eigenvalue weighted by atomic mass is 16.5. The largest absolute Gasteiger partial charge is 0.381 e. The number of nitrogens with two attached hydrogens (primary N) is 1. The number of nitrogens with one attached hydrogen (secondary N) is 2. The molecular weight excluding hydrogens is 242 g/mol. The summed E-state index contributed by atoms with van der Waals surface area (Å²) >= 11 is 0. The lowest BCUT2D eigenvalue weighted by molar-refractivity contribution is 0.0595. The Kier molecular flexibility index (Phi) is 5.20. The van der Waals surface area contributed by atoms with Gasteiger partial charge < -0.3 is 21.1 Å². The highest BCUT2D eigenvalue weighted by molar-refractivity contribution is 5.50. The van der Waals surface area contributed by atoms with Crippen LogP contribution >= 0.6 is 0 Å². The smallest absolute Gasteiger partial charge is 0.223 e. The molecule has 6 heteroatoms. The van der Waals surface area contributed by atoms with Gasteiger partial charge in [0.1, 0.15) is 11.6 Å². The summed E-state index contributed by atoms with van der Waals surface area (Å²) in [7, 11) is 0. The summed E-state index contributed by atoms with van der Waals surface area (Å²) in [4.78, 5) is 8.36. The fourth-order valence-electron chi connectivity index (χ4n) is 2.12. The zero-order chi connectivity index (χ0) is 13.5. The van der Waals surface area contributed by atoms with Crippen LogP contribution in [0.2, 0.25) is 0 Å². The first-order valence-corrected chi connectivity index (χ1v) is 6.98. The Morgan fingerprint density at radius 3 is 2.84 bits per heavy atom. The predicted molar refractivity (Wildman–Crippen MR) is 77.3 cm³/mol. The van der Waals surface area contributed by atoms with Gasteiger partial charge in [-0.2, -0.15) is 9.97 Å². The van der Waals surface area contributed by atoms with Gasteiger partial charge in [0.15, 0.2) is 0 Å². The molecule has 0 aliphatic carbocycles. The highest BCUT2D eigenvalue weighted by Gasteiger charge is 2.13. The zero-order valence-corrected chi connectivity index (χ0v) is 11.5. The number of hydrogen-bond donors (Lipinski definition) is 3. The Morgan fingerprint density at radius 1 is 1.37 bits per heavy atom. The van der Waals surface area contributed by atoms with Gasteiger partial charge in [-0.25, -0.2) is 0 Å². The van der Waals surface area contributed by atoms with E-state index in [2.05, 4.69) is 27.5 Å². The second-order valence-corrected chi connectivity index (χ2v) is 4.89. The van der Waals surface area contributed by atoms with Crippen LogP contribution in [0.4, 0.5) is 17.6 Å². The molecule has 1 aliphatic heterocycles. The Hall–Kier alpha value is -1.56. The van der Waals surface area contributed by atoms with Crippen LogP contribution in [0.15, 0.2) is 6.07 Å². The summed E-state index contributed by atoms with van der Waals surface area (Å²) in [6.45, 7) is 5.58. The summed E-state index contributed by atoms with van der Waals surface area (Å²) in [6, 6.07) is 1.90. The molecule has 1 saturated heterocycles. The van der Waals surface area contributed by atoms with E-state index >= 15 is 0 Å². The normalized spacial score (nSPS) is 19.1. The number of ether oxygens (including phenoxy) is 1. The molecule has 1 aromatic rings. The molecule has 2 heterocycles. The standard InChI is InChI=1S/C13H23N5O/c1-2-5-15-11-7-12(18-13(14)17-11)16-8-10-4-3-6-19-9-10/h7,10H,2-6,8-9H2,1H3,(H4,14,15,16,17,18). The Labute approximate surface area is 114 Å².